The molecule has 3 heterocycles. The van der Waals surface area contributed by atoms with Gasteiger partial charge in [-0.3, -0.25) is 9.89 Å². The van der Waals surface area contributed by atoms with Gasteiger partial charge in [-0.1, -0.05) is 11.6 Å². The molecule has 0 radical (unpaired) electrons. The van der Waals surface area contributed by atoms with E-state index in [4.69, 9.17) is 11.6 Å². The number of fused-ring (bicyclic) bond motifs is 3. The first-order valence-electron chi connectivity index (χ1n) is 5.93. The maximum atomic E-state index is 12.4. The van der Waals surface area contributed by atoms with Gasteiger partial charge in [0.2, 0.25) is 0 Å². The van der Waals surface area contributed by atoms with Gasteiger partial charge in [0.05, 0.1) is 11.9 Å². The Morgan fingerprint density at radius 2 is 1.95 bits per heavy atom. The molecule has 0 aliphatic carbocycles. The molecule has 0 amide bonds. The minimum Gasteiger partial charge on any atom is -0.273 e. The van der Waals surface area contributed by atoms with Crippen LogP contribution in [0.1, 0.15) is 0 Å². The number of rotatable bonds is 1. The molecule has 1 aromatic carbocycles. The number of aromatic amines is 1. The SMILES string of the molecule is O=c1c2cnc3ccnn3c2[nH]n1-c1ccc(Cl)cc1. The number of benzene rings is 1. The van der Waals surface area contributed by atoms with E-state index in [0.717, 1.165) is 0 Å². The molecule has 0 bridgehead atoms. The highest BCUT2D eigenvalue weighted by atomic mass is 35.5. The summed E-state index contributed by atoms with van der Waals surface area (Å²) in [5.74, 6) is 0. The first-order chi connectivity index (χ1) is 9.74. The van der Waals surface area contributed by atoms with Gasteiger partial charge >= 0.3 is 0 Å². The number of halogens is 1. The molecule has 0 unspecified atom stereocenters. The Balaban J connectivity index is 2.07. The van der Waals surface area contributed by atoms with Crippen molar-refractivity contribution in [2.24, 2.45) is 0 Å². The van der Waals surface area contributed by atoms with E-state index in [-0.39, 0.29) is 5.56 Å². The number of nitrogens with zero attached hydrogens (tertiary/aromatic N) is 4. The fourth-order valence-electron chi connectivity index (χ4n) is 2.19. The summed E-state index contributed by atoms with van der Waals surface area (Å²) >= 11 is 5.86. The lowest BCUT2D eigenvalue weighted by molar-refractivity contribution is 0.843. The van der Waals surface area contributed by atoms with Crippen LogP contribution < -0.4 is 5.56 Å². The van der Waals surface area contributed by atoms with Crippen LogP contribution in [0.4, 0.5) is 0 Å². The standard InChI is InChI=1S/C13H8ClN5O/c14-8-1-3-9(4-2-8)18-13(20)10-7-15-11-5-6-16-19(11)12(10)17-18/h1-7,17H. The number of nitrogens with one attached hydrogen (secondary N) is 1. The molecule has 0 atom stereocenters. The van der Waals surface area contributed by atoms with Gasteiger partial charge in [-0.2, -0.15) is 9.61 Å². The highest BCUT2D eigenvalue weighted by molar-refractivity contribution is 6.30. The molecule has 0 spiro atoms. The van der Waals surface area contributed by atoms with E-state index in [0.29, 0.717) is 27.4 Å². The molecule has 7 heteroatoms. The first kappa shape index (κ1) is 11.2. The predicted octanol–water partition coefficient (Wildman–Crippen LogP) is 2.01. The Kier molecular flexibility index (Phi) is 2.22. The quantitative estimate of drug-likeness (QED) is 0.582. The Bertz CT molecular complexity index is 980. The van der Waals surface area contributed by atoms with Gasteiger partial charge in [0.25, 0.3) is 5.56 Å². The van der Waals surface area contributed by atoms with Crippen LogP contribution in [0.2, 0.25) is 5.02 Å². The van der Waals surface area contributed by atoms with Crippen molar-refractivity contribution in [2.75, 3.05) is 0 Å². The second-order valence-corrected chi connectivity index (χ2v) is 4.79. The zero-order valence-corrected chi connectivity index (χ0v) is 10.9. The molecule has 0 saturated carbocycles. The largest absolute Gasteiger partial charge is 0.282 e. The van der Waals surface area contributed by atoms with Crippen LogP contribution in [0.15, 0.2) is 47.5 Å². The molecule has 0 aliphatic heterocycles. The maximum absolute atomic E-state index is 12.4. The molecule has 4 aromatic rings. The number of hydrogen-bond acceptors (Lipinski definition) is 3. The van der Waals surface area contributed by atoms with Gasteiger partial charge in [-0.15, -0.1) is 0 Å². The van der Waals surface area contributed by atoms with Gasteiger partial charge < -0.3 is 0 Å². The second kappa shape index (κ2) is 3.94. The van der Waals surface area contributed by atoms with E-state index in [1.165, 1.54) is 4.68 Å². The summed E-state index contributed by atoms with van der Waals surface area (Å²) in [6, 6.07) is 8.78. The molecule has 0 aliphatic rings. The molecule has 6 nitrogen and oxygen atoms in total. The maximum Gasteiger partial charge on any atom is 0.282 e. The molecule has 98 valence electrons. The van der Waals surface area contributed by atoms with Gasteiger partial charge in [0.1, 0.15) is 5.39 Å². The van der Waals surface area contributed by atoms with E-state index < -0.39 is 0 Å². The van der Waals surface area contributed by atoms with Gasteiger partial charge in [0.15, 0.2) is 11.3 Å². The van der Waals surface area contributed by atoms with Crippen LogP contribution in [-0.4, -0.2) is 24.4 Å². The Morgan fingerprint density at radius 3 is 2.75 bits per heavy atom. The molecule has 0 fully saturated rings. The summed E-state index contributed by atoms with van der Waals surface area (Å²) in [6.45, 7) is 0. The summed E-state index contributed by atoms with van der Waals surface area (Å²) in [5, 5.41) is 8.31. The molecule has 1 N–H and O–H groups in total. The average Bonchev–Trinajstić information content (AvgIpc) is 3.04. The number of aromatic nitrogens is 5. The predicted molar refractivity (Wildman–Crippen MR) is 75.5 cm³/mol. The normalized spacial score (nSPS) is 11.4. The van der Waals surface area contributed by atoms with Crippen LogP contribution in [0.5, 0.6) is 0 Å². The summed E-state index contributed by atoms with van der Waals surface area (Å²) in [5.41, 5.74) is 1.82. The van der Waals surface area contributed by atoms with Crippen molar-refractivity contribution in [3.05, 3.63) is 58.1 Å². The Morgan fingerprint density at radius 1 is 1.15 bits per heavy atom. The molecular formula is C13H8ClN5O. The van der Waals surface area contributed by atoms with Crippen LogP contribution in [0.3, 0.4) is 0 Å². The molecule has 20 heavy (non-hydrogen) atoms. The lowest BCUT2D eigenvalue weighted by atomic mass is 10.3. The van der Waals surface area contributed by atoms with Gasteiger partial charge in [-0.25, -0.2) is 9.67 Å². The third-order valence-electron chi connectivity index (χ3n) is 3.15. The van der Waals surface area contributed by atoms with E-state index in [2.05, 4.69) is 15.2 Å². The van der Waals surface area contributed by atoms with Crippen molar-refractivity contribution in [2.45, 2.75) is 0 Å². The number of hydrogen-bond donors (Lipinski definition) is 1. The molecular weight excluding hydrogens is 278 g/mol. The minimum atomic E-state index is -0.174. The first-order valence-corrected chi connectivity index (χ1v) is 6.31. The van der Waals surface area contributed by atoms with E-state index >= 15 is 0 Å². The van der Waals surface area contributed by atoms with Crippen molar-refractivity contribution in [3.63, 3.8) is 0 Å². The van der Waals surface area contributed by atoms with Crippen molar-refractivity contribution in [1.29, 1.82) is 0 Å². The van der Waals surface area contributed by atoms with Crippen molar-refractivity contribution in [3.8, 4) is 5.69 Å². The highest BCUT2D eigenvalue weighted by Gasteiger charge is 2.12. The van der Waals surface area contributed by atoms with Crippen LogP contribution >= 0.6 is 11.6 Å². The van der Waals surface area contributed by atoms with Gasteiger partial charge in [0, 0.05) is 17.3 Å². The minimum absolute atomic E-state index is 0.174. The highest BCUT2D eigenvalue weighted by Crippen LogP contribution is 2.14. The topological polar surface area (TPSA) is 68.0 Å². The molecule has 0 saturated heterocycles. The third-order valence-corrected chi connectivity index (χ3v) is 3.40. The zero-order chi connectivity index (χ0) is 13.7. The Labute approximate surface area is 117 Å². The lowest BCUT2D eigenvalue weighted by Gasteiger charge is -2.00. The molecule has 3 aromatic heterocycles. The van der Waals surface area contributed by atoms with E-state index in [1.807, 2.05) is 0 Å². The monoisotopic (exact) mass is 285 g/mol. The van der Waals surface area contributed by atoms with Crippen LogP contribution in [-0.2, 0) is 0 Å². The Hall–Kier alpha value is -2.60. The second-order valence-electron chi connectivity index (χ2n) is 4.35. The van der Waals surface area contributed by atoms with Crippen molar-refractivity contribution >= 4 is 28.3 Å². The summed E-state index contributed by atoms with van der Waals surface area (Å²) < 4.78 is 3.05. The van der Waals surface area contributed by atoms with Crippen LogP contribution in [0, 0.1) is 0 Å². The number of H-pyrrole nitrogens is 1. The summed E-state index contributed by atoms with van der Waals surface area (Å²) in [7, 11) is 0. The van der Waals surface area contributed by atoms with E-state index in [1.54, 1.807) is 47.2 Å². The fraction of sp³-hybridized carbons (Fsp3) is 0. The van der Waals surface area contributed by atoms with Crippen LogP contribution in [0.25, 0.3) is 22.4 Å². The van der Waals surface area contributed by atoms with Crippen molar-refractivity contribution in [1.82, 2.24) is 24.4 Å². The fourth-order valence-corrected chi connectivity index (χ4v) is 2.31. The summed E-state index contributed by atoms with van der Waals surface area (Å²) in [6.07, 6.45) is 3.19. The summed E-state index contributed by atoms with van der Waals surface area (Å²) in [4.78, 5) is 16.6. The van der Waals surface area contributed by atoms with Crippen molar-refractivity contribution < 1.29 is 0 Å². The van der Waals surface area contributed by atoms with Gasteiger partial charge in [-0.05, 0) is 24.3 Å². The third kappa shape index (κ3) is 1.48. The smallest absolute Gasteiger partial charge is 0.273 e. The average molecular weight is 286 g/mol. The van der Waals surface area contributed by atoms with E-state index in [9.17, 15) is 4.79 Å². The molecule has 4 rings (SSSR count). The lowest BCUT2D eigenvalue weighted by Crippen LogP contribution is -2.13. The zero-order valence-electron chi connectivity index (χ0n) is 10.1.